The first kappa shape index (κ1) is 14.2. The second-order valence-electron chi connectivity index (χ2n) is 4.02. The molecular formula is C12H19N3O3. The van der Waals surface area contributed by atoms with Gasteiger partial charge in [0.05, 0.1) is 12.7 Å². The monoisotopic (exact) mass is 253 g/mol. The Morgan fingerprint density at radius 2 is 2.22 bits per heavy atom. The third-order valence-electron chi connectivity index (χ3n) is 1.99. The Labute approximate surface area is 107 Å². The molecule has 1 aromatic heterocycles. The first-order valence-corrected chi connectivity index (χ1v) is 5.89. The molecule has 0 saturated heterocycles. The Kier molecular flexibility index (Phi) is 5.35. The first-order chi connectivity index (χ1) is 8.52. The van der Waals surface area contributed by atoms with Gasteiger partial charge in [-0.05, 0) is 20.8 Å². The number of hydrogen-bond donors (Lipinski definition) is 0. The second kappa shape index (κ2) is 6.78. The Morgan fingerprint density at radius 3 is 2.83 bits per heavy atom. The highest BCUT2D eigenvalue weighted by Crippen LogP contribution is 2.12. The van der Waals surface area contributed by atoms with E-state index in [9.17, 15) is 4.79 Å². The van der Waals surface area contributed by atoms with Crippen LogP contribution < -0.4 is 9.64 Å². The Morgan fingerprint density at radius 1 is 1.50 bits per heavy atom. The fraction of sp³-hybridized carbons (Fsp3) is 0.583. The van der Waals surface area contributed by atoms with Gasteiger partial charge in [-0.1, -0.05) is 0 Å². The molecule has 0 radical (unpaired) electrons. The van der Waals surface area contributed by atoms with E-state index in [0.29, 0.717) is 18.4 Å². The van der Waals surface area contributed by atoms with Gasteiger partial charge in [0.2, 0.25) is 11.8 Å². The van der Waals surface area contributed by atoms with E-state index in [-0.39, 0.29) is 18.6 Å². The molecule has 0 aliphatic carbocycles. The summed E-state index contributed by atoms with van der Waals surface area (Å²) in [5.41, 5.74) is 0. The number of nitrogens with zero attached hydrogens (tertiary/aromatic N) is 3. The molecule has 100 valence electrons. The summed E-state index contributed by atoms with van der Waals surface area (Å²) in [7, 11) is 1.73. The summed E-state index contributed by atoms with van der Waals surface area (Å²) < 4.78 is 10.3. The third-order valence-corrected chi connectivity index (χ3v) is 1.99. The van der Waals surface area contributed by atoms with Crippen molar-refractivity contribution < 1.29 is 14.3 Å². The van der Waals surface area contributed by atoms with Gasteiger partial charge in [-0.15, -0.1) is 0 Å². The van der Waals surface area contributed by atoms with Crippen LogP contribution in [0.4, 0.5) is 5.95 Å². The lowest BCUT2D eigenvalue weighted by molar-refractivity contribution is -0.141. The molecule has 6 nitrogen and oxygen atoms in total. The maximum absolute atomic E-state index is 11.3. The van der Waals surface area contributed by atoms with Crippen molar-refractivity contribution in [3.63, 3.8) is 0 Å². The molecule has 0 aromatic carbocycles. The number of likely N-dealkylation sites (N-methyl/N-ethyl adjacent to an activating group) is 1. The molecule has 0 fully saturated rings. The summed E-state index contributed by atoms with van der Waals surface area (Å²) in [6.45, 7) is 6.09. The highest BCUT2D eigenvalue weighted by molar-refractivity contribution is 5.74. The largest absolute Gasteiger partial charge is 0.475 e. The van der Waals surface area contributed by atoms with Crippen LogP contribution >= 0.6 is 0 Å². The molecule has 0 unspecified atom stereocenters. The van der Waals surface area contributed by atoms with Gasteiger partial charge in [0.15, 0.2) is 0 Å². The minimum absolute atomic E-state index is 0.0445. The average Bonchev–Trinajstić information content (AvgIpc) is 2.28. The number of ether oxygens (including phenoxy) is 2. The van der Waals surface area contributed by atoms with Crippen LogP contribution in [0, 0.1) is 0 Å². The normalized spacial score (nSPS) is 10.3. The topological polar surface area (TPSA) is 64.5 Å². The molecule has 6 heteroatoms. The minimum Gasteiger partial charge on any atom is -0.475 e. The van der Waals surface area contributed by atoms with Crippen LogP contribution in [-0.2, 0) is 9.53 Å². The molecule has 0 atom stereocenters. The highest BCUT2D eigenvalue weighted by atomic mass is 16.5. The van der Waals surface area contributed by atoms with E-state index < -0.39 is 0 Å². The van der Waals surface area contributed by atoms with E-state index in [1.54, 1.807) is 31.1 Å². The average molecular weight is 253 g/mol. The van der Waals surface area contributed by atoms with Crippen molar-refractivity contribution >= 4 is 11.9 Å². The van der Waals surface area contributed by atoms with Gasteiger partial charge in [0, 0.05) is 19.3 Å². The van der Waals surface area contributed by atoms with Crippen molar-refractivity contribution in [2.75, 3.05) is 25.1 Å². The highest BCUT2D eigenvalue weighted by Gasteiger charge is 2.11. The summed E-state index contributed by atoms with van der Waals surface area (Å²) in [5, 5.41) is 0. The number of hydrogen-bond acceptors (Lipinski definition) is 6. The van der Waals surface area contributed by atoms with Crippen LogP contribution in [0.5, 0.6) is 5.88 Å². The van der Waals surface area contributed by atoms with Crippen molar-refractivity contribution in [2.24, 2.45) is 0 Å². The number of aromatic nitrogens is 2. The van der Waals surface area contributed by atoms with Gasteiger partial charge in [0.1, 0.15) is 6.54 Å². The van der Waals surface area contributed by atoms with Gasteiger partial charge in [-0.25, -0.2) is 4.98 Å². The molecule has 0 aliphatic heterocycles. The zero-order valence-electron chi connectivity index (χ0n) is 11.2. The molecule has 0 amide bonds. The molecule has 1 rings (SSSR count). The van der Waals surface area contributed by atoms with Crippen LogP contribution in [0.15, 0.2) is 12.3 Å². The van der Waals surface area contributed by atoms with E-state index >= 15 is 0 Å². The van der Waals surface area contributed by atoms with Crippen molar-refractivity contribution in [1.82, 2.24) is 9.97 Å². The molecular weight excluding hydrogens is 234 g/mol. The fourth-order valence-electron chi connectivity index (χ4n) is 1.29. The lowest BCUT2D eigenvalue weighted by Gasteiger charge is -2.16. The van der Waals surface area contributed by atoms with Crippen molar-refractivity contribution in [3.05, 3.63) is 12.3 Å². The van der Waals surface area contributed by atoms with Gasteiger partial charge >= 0.3 is 5.97 Å². The summed E-state index contributed by atoms with van der Waals surface area (Å²) >= 11 is 0. The van der Waals surface area contributed by atoms with Gasteiger partial charge in [0.25, 0.3) is 0 Å². The van der Waals surface area contributed by atoms with E-state index in [1.165, 1.54) is 0 Å². The van der Waals surface area contributed by atoms with E-state index in [0.717, 1.165) is 0 Å². The molecule has 0 aliphatic rings. The molecule has 0 saturated carbocycles. The predicted octanol–water partition coefficient (Wildman–Crippen LogP) is 1.26. The quantitative estimate of drug-likeness (QED) is 0.711. The first-order valence-electron chi connectivity index (χ1n) is 5.89. The number of carbonyl (C=O) groups excluding carboxylic acids is 1. The maximum atomic E-state index is 11.3. The summed E-state index contributed by atoms with van der Waals surface area (Å²) in [4.78, 5) is 21.3. The number of carbonyl (C=O) groups is 1. The Bertz CT molecular complexity index is 396. The van der Waals surface area contributed by atoms with Crippen molar-refractivity contribution in [3.8, 4) is 5.88 Å². The van der Waals surface area contributed by atoms with E-state index in [4.69, 9.17) is 9.47 Å². The number of rotatable bonds is 6. The van der Waals surface area contributed by atoms with Crippen LogP contribution in [0.25, 0.3) is 0 Å². The third kappa shape index (κ3) is 4.57. The lowest BCUT2D eigenvalue weighted by Crippen LogP contribution is -2.28. The molecule has 0 spiro atoms. The van der Waals surface area contributed by atoms with Crippen LogP contribution in [0.3, 0.4) is 0 Å². The molecule has 0 bridgehead atoms. The van der Waals surface area contributed by atoms with E-state index in [1.807, 2.05) is 13.8 Å². The van der Waals surface area contributed by atoms with Crippen LogP contribution in [-0.4, -0.2) is 42.2 Å². The Hall–Kier alpha value is -1.85. The predicted molar refractivity (Wildman–Crippen MR) is 67.7 cm³/mol. The maximum Gasteiger partial charge on any atom is 0.325 e. The standard InChI is InChI=1S/C12H19N3O3/c1-5-17-11(16)8-15(4)12-13-7-6-10(14-12)18-9(2)3/h6-7,9H,5,8H2,1-4H3. The second-order valence-corrected chi connectivity index (χ2v) is 4.02. The van der Waals surface area contributed by atoms with Crippen molar-refractivity contribution in [1.29, 1.82) is 0 Å². The number of esters is 1. The van der Waals surface area contributed by atoms with Gasteiger partial charge in [-0.2, -0.15) is 4.98 Å². The Balaban J connectivity index is 2.67. The van der Waals surface area contributed by atoms with Gasteiger partial charge in [-0.3, -0.25) is 4.79 Å². The summed E-state index contributed by atoms with van der Waals surface area (Å²) in [5.74, 6) is 0.616. The smallest absolute Gasteiger partial charge is 0.325 e. The summed E-state index contributed by atoms with van der Waals surface area (Å²) in [6.07, 6.45) is 1.64. The molecule has 18 heavy (non-hydrogen) atoms. The molecule has 0 N–H and O–H groups in total. The van der Waals surface area contributed by atoms with Crippen molar-refractivity contribution in [2.45, 2.75) is 26.9 Å². The fourth-order valence-corrected chi connectivity index (χ4v) is 1.29. The molecule has 1 heterocycles. The zero-order valence-corrected chi connectivity index (χ0v) is 11.2. The van der Waals surface area contributed by atoms with Gasteiger partial charge < -0.3 is 14.4 Å². The van der Waals surface area contributed by atoms with Crippen LogP contribution in [0.2, 0.25) is 0 Å². The molecule has 1 aromatic rings. The van der Waals surface area contributed by atoms with Crippen LogP contribution in [0.1, 0.15) is 20.8 Å². The zero-order chi connectivity index (χ0) is 13.5. The lowest BCUT2D eigenvalue weighted by atomic mass is 10.5. The summed E-state index contributed by atoms with van der Waals surface area (Å²) in [6, 6.07) is 1.68. The SMILES string of the molecule is CCOC(=O)CN(C)c1nccc(OC(C)C)n1. The van der Waals surface area contributed by atoms with E-state index in [2.05, 4.69) is 9.97 Å². The minimum atomic E-state index is -0.307. The number of anilines is 1.